The first-order valence-corrected chi connectivity index (χ1v) is 6.01. The maximum absolute atomic E-state index is 9.45. The molecule has 1 unspecified atom stereocenters. The highest BCUT2D eigenvalue weighted by Gasteiger charge is 2.22. The smallest absolute Gasteiger partial charge is 0.0897 e. The lowest BCUT2D eigenvalue weighted by Gasteiger charge is -2.35. The zero-order chi connectivity index (χ0) is 11.1. The Morgan fingerprint density at radius 3 is 2.47 bits per heavy atom. The minimum atomic E-state index is -0.626. The second-order valence-corrected chi connectivity index (χ2v) is 4.41. The van der Waals surface area contributed by atoms with E-state index < -0.39 is 6.10 Å². The average Bonchev–Trinajstić information content (AvgIpc) is 2.29. The lowest BCUT2D eigenvalue weighted by Crippen LogP contribution is -2.44. The van der Waals surface area contributed by atoms with Crippen LogP contribution in [0.2, 0.25) is 0 Å². The molecule has 1 rings (SSSR count). The Labute approximate surface area is 92.1 Å². The van der Waals surface area contributed by atoms with Crippen LogP contribution in [-0.4, -0.2) is 53.5 Å². The highest BCUT2D eigenvalue weighted by atomic mass is 16.3. The van der Waals surface area contributed by atoms with Crippen molar-refractivity contribution in [3.63, 3.8) is 0 Å². The number of aliphatic hydroxyl groups is 2. The quantitative estimate of drug-likeness (QED) is 0.581. The van der Waals surface area contributed by atoms with Gasteiger partial charge in [0, 0.05) is 25.7 Å². The topological polar surface area (TPSA) is 69.7 Å². The summed E-state index contributed by atoms with van der Waals surface area (Å²) in [5, 5.41) is 18.3. The Bertz CT molecular complexity index is 161. The molecule has 4 nitrogen and oxygen atoms in total. The van der Waals surface area contributed by atoms with Crippen LogP contribution >= 0.6 is 0 Å². The maximum Gasteiger partial charge on any atom is 0.0897 e. The lowest BCUT2D eigenvalue weighted by molar-refractivity contribution is 0.0383. The van der Waals surface area contributed by atoms with Gasteiger partial charge < -0.3 is 15.9 Å². The van der Waals surface area contributed by atoms with Crippen LogP contribution in [0.15, 0.2) is 0 Å². The van der Waals surface area contributed by atoms with E-state index in [1.54, 1.807) is 0 Å². The van der Waals surface area contributed by atoms with E-state index >= 15 is 0 Å². The SMILES string of the molecule is NCCN(CC(O)CO)C1CCCCC1. The standard InChI is InChI=1S/C11H24N2O2/c12-6-7-13(8-11(15)9-14)10-4-2-1-3-5-10/h10-11,14-15H,1-9,12H2. The minimum Gasteiger partial charge on any atom is -0.394 e. The number of rotatable bonds is 6. The van der Waals surface area contributed by atoms with E-state index in [0.29, 0.717) is 19.1 Å². The number of hydrogen-bond donors (Lipinski definition) is 3. The molecule has 0 amide bonds. The molecule has 0 spiro atoms. The molecule has 0 saturated heterocycles. The van der Waals surface area contributed by atoms with Gasteiger partial charge in [-0.25, -0.2) is 0 Å². The summed E-state index contributed by atoms with van der Waals surface area (Å²) < 4.78 is 0. The molecule has 0 radical (unpaired) electrons. The Hall–Kier alpha value is -0.160. The van der Waals surface area contributed by atoms with Crippen LogP contribution in [0.1, 0.15) is 32.1 Å². The summed E-state index contributed by atoms with van der Waals surface area (Å²) in [4.78, 5) is 2.24. The summed E-state index contributed by atoms with van der Waals surface area (Å²) in [6, 6.07) is 0.559. The van der Waals surface area contributed by atoms with Crippen molar-refractivity contribution in [2.45, 2.75) is 44.2 Å². The summed E-state index contributed by atoms with van der Waals surface area (Å²) in [7, 11) is 0. The van der Waals surface area contributed by atoms with E-state index in [9.17, 15) is 5.11 Å². The van der Waals surface area contributed by atoms with Crippen LogP contribution in [0.25, 0.3) is 0 Å². The lowest BCUT2D eigenvalue weighted by atomic mass is 9.94. The molecular weight excluding hydrogens is 192 g/mol. The molecule has 15 heavy (non-hydrogen) atoms. The number of hydrogen-bond acceptors (Lipinski definition) is 4. The highest BCUT2D eigenvalue weighted by molar-refractivity contribution is 4.77. The van der Waals surface area contributed by atoms with Gasteiger partial charge in [-0.1, -0.05) is 19.3 Å². The predicted octanol–water partition coefficient (Wildman–Crippen LogP) is -0.0670. The van der Waals surface area contributed by atoms with Gasteiger partial charge in [-0.15, -0.1) is 0 Å². The molecule has 0 heterocycles. The fraction of sp³-hybridized carbons (Fsp3) is 1.00. The Morgan fingerprint density at radius 1 is 1.27 bits per heavy atom. The fourth-order valence-electron chi connectivity index (χ4n) is 2.36. The van der Waals surface area contributed by atoms with Gasteiger partial charge in [-0.2, -0.15) is 0 Å². The van der Waals surface area contributed by atoms with Crippen LogP contribution in [-0.2, 0) is 0 Å². The van der Waals surface area contributed by atoms with Crippen molar-refractivity contribution in [3.8, 4) is 0 Å². The number of nitrogens with two attached hydrogens (primary N) is 1. The molecule has 0 aliphatic heterocycles. The van der Waals surface area contributed by atoms with Gasteiger partial charge in [0.25, 0.3) is 0 Å². The molecule has 4 N–H and O–H groups in total. The molecule has 1 saturated carbocycles. The normalized spacial score (nSPS) is 20.8. The second-order valence-electron chi connectivity index (χ2n) is 4.41. The van der Waals surface area contributed by atoms with Crippen molar-refractivity contribution < 1.29 is 10.2 Å². The van der Waals surface area contributed by atoms with Gasteiger partial charge in [0.15, 0.2) is 0 Å². The molecule has 90 valence electrons. The molecule has 1 aliphatic carbocycles. The Balaban J connectivity index is 2.39. The first-order valence-electron chi connectivity index (χ1n) is 6.01. The van der Waals surface area contributed by atoms with Gasteiger partial charge in [-0.05, 0) is 12.8 Å². The van der Waals surface area contributed by atoms with Crippen molar-refractivity contribution >= 4 is 0 Å². The van der Waals surface area contributed by atoms with E-state index in [1.807, 2.05) is 0 Å². The van der Waals surface area contributed by atoms with Crippen LogP contribution in [0.4, 0.5) is 0 Å². The molecular formula is C11H24N2O2. The van der Waals surface area contributed by atoms with Crippen molar-refractivity contribution in [1.82, 2.24) is 4.90 Å². The molecule has 0 aromatic carbocycles. The van der Waals surface area contributed by atoms with E-state index in [-0.39, 0.29) is 6.61 Å². The number of nitrogens with zero attached hydrogens (tertiary/aromatic N) is 1. The highest BCUT2D eigenvalue weighted by Crippen LogP contribution is 2.22. The second kappa shape index (κ2) is 7.17. The first-order chi connectivity index (χ1) is 7.27. The van der Waals surface area contributed by atoms with Crippen LogP contribution in [0.3, 0.4) is 0 Å². The van der Waals surface area contributed by atoms with E-state index in [2.05, 4.69) is 4.90 Å². The Kier molecular flexibility index (Phi) is 6.17. The van der Waals surface area contributed by atoms with Gasteiger partial charge in [0.2, 0.25) is 0 Å². The van der Waals surface area contributed by atoms with Gasteiger partial charge in [0.1, 0.15) is 0 Å². The molecule has 0 bridgehead atoms. The van der Waals surface area contributed by atoms with Crippen LogP contribution in [0, 0.1) is 0 Å². The summed E-state index contributed by atoms with van der Waals surface area (Å²) in [5.74, 6) is 0. The van der Waals surface area contributed by atoms with Crippen LogP contribution < -0.4 is 5.73 Å². The first kappa shape index (κ1) is 12.9. The maximum atomic E-state index is 9.45. The monoisotopic (exact) mass is 216 g/mol. The molecule has 0 aromatic heterocycles. The molecule has 1 aliphatic rings. The zero-order valence-corrected chi connectivity index (χ0v) is 9.44. The summed E-state index contributed by atoms with van der Waals surface area (Å²) in [6.45, 7) is 1.84. The third kappa shape index (κ3) is 4.47. The van der Waals surface area contributed by atoms with Gasteiger partial charge in [-0.3, -0.25) is 4.90 Å². The zero-order valence-electron chi connectivity index (χ0n) is 9.44. The predicted molar refractivity (Wildman–Crippen MR) is 60.6 cm³/mol. The Morgan fingerprint density at radius 2 is 1.93 bits per heavy atom. The third-order valence-electron chi connectivity index (χ3n) is 3.16. The molecule has 0 aromatic rings. The minimum absolute atomic E-state index is 0.159. The van der Waals surface area contributed by atoms with Crippen molar-refractivity contribution in [2.24, 2.45) is 5.73 Å². The summed E-state index contributed by atoms with van der Waals surface area (Å²) in [6.07, 6.45) is 5.67. The van der Waals surface area contributed by atoms with Crippen molar-refractivity contribution in [2.75, 3.05) is 26.2 Å². The van der Waals surface area contributed by atoms with Gasteiger partial charge >= 0.3 is 0 Å². The fourth-order valence-corrected chi connectivity index (χ4v) is 2.36. The number of aliphatic hydroxyl groups excluding tert-OH is 2. The van der Waals surface area contributed by atoms with Crippen molar-refractivity contribution in [3.05, 3.63) is 0 Å². The molecule has 1 fully saturated rings. The third-order valence-corrected chi connectivity index (χ3v) is 3.16. The summed E-state index contributed by atoms with van der Waals surface area (Å²) >= 11 is 0. The van der Waals surface area contributed by atoms with E-state index in [1.165, 1.54) is 32.1 Å². The summed E-state index contributed by atoms with van der Waals surface area (Å²) in [5.41, 5.74) is 5.57. The average molecular weight is 216 g/mol. The van der Waals surface area contributed by atoms with Crippen molar-refractivity contribution in [1.29, 1.82) is 0 Å². The van der Waals surface area contributed by atoms with E-state index in [4.69, 9.17) is 10.8 Å². The molecule has 4 heteroatoms. The van der Waals surface area contributed by atoms with E-state index in [0.717, 1.165) is 6.54 Å². The van der Waals surface area contributed by atoms with Crippen LogP contribution in [0.5, 0.6) is 0 Å². The van der Waals surface area contributed by atoms with Gasteiger partial charge in [0.05, 0.1) is 12.7 Å². The molecule has 1 atom stereocenters. The largest absolute Gasteiger partial charge is 0.394 e.